The van der Waals surface area contributed by atoms with Gasteiger partial charge in [-0.1, -0.05) is 6.07 Å². The molecule has 4 aliphatic rings. The van der Waals surface area contributed by atoms with E-state index < -0.39 is 41.8 Å². The Hall–Kier alpha value is -6.61. The first-order chi connectivity index (χ1) is 31.1. The van der Waals surface area contributed by atoms with Crippen LogP contribution in [0.3, 0.4) is 0 Å². The van der Waals surface area contributed by atoms with Crippen molar-refractivity contribution in [3.63, 3.8) is 0 Å². The highest BCUT2D eigenvalue weighted by Crippen LogP contribution is 2.40. The van der Waals surface area contributed by atoms with Gasteiger partial charge in [-0.2, -0.15) is 18.4 Å². The van der Waals surface area contributed by atoms with Crippen LogP contribution in [0.2, 0.25) is 0 Å². The van der Waals surface area contributed by atoms with Gasteiger partial charge in [0.05, 0.1) is 60.5 Å². The number of aliphatic hydroxyl groups is 2. The number of nitrogens with one attached hydrogen (secondary N) is 3. The van der Waals surface area contributed by atoms with Crippen molar-refractivity contribution >= 4 is 35.3 Å². The van der Waals surface area contributed by atoms with Gasteiger partial charge in [0.25, 0.3) is 0 Å². The molecule has 0 spiro atoms. The number of ketones is 1. The lowest BCUT2D eigenvalue weighted by molar-refractivity contribution is -0.141. The number of hydrogen-bond donors (Lipinski definition) is 5. The molecule has 8 heterocycles. The Kier molecular flexibility index (Phi) is 12.8. The fourth-order valence-electron chi connectivity index (χ4n) is 8.42. The van der Waals surface area contributed by atoms with E-state index in [1.165, 1.54) is 0 Å². The molecule has 8 rings (SSSR count). The molecule has 23 heteroatoms. The summed E-state index contributed by atoms with van der Waals surface area (Å²) in [4.78, 5) is 72.1. The average Bonchev–Trinajstić information content (AvgIpc) is 3.71. The molecule has 5 atom stereocenters. The number of piperazine rings is 1. The normalized spacial score (nSPS) is 22.7. The number of carbonyl (C=O) groups excluding carboxylic acids is 3. The number of aliphatic hydroxyl groups excluding tert-OH is 2. The predicted molar refractivity (Wildman–Crippen MR) is 225 cm³/mol. The molecule has 0 radical (unpaired) electrons. The van der Waals surface area contributed by atoms with Gasteiger partial charge in [0.15, 0.2) is 11.5 Å². The van der Waals surface area contributed by atoms with Gasteiger partial charge in [0, 0.05) is 82.1 Å². The molecule has 0 aliphatic carbocycles. The zero-order valence-corrected chi connectivity index (χ0v) is 35.4. The van der Waals surface area contributed by atoms with Gasteiger partial charge in [-0.05, 0) is 38.5 Å². The molecule has 3 amide bonds. The van der Waals surface area contributed by atoms with Gasteiger partial charge in [-0.15, -0.1) is 0 Å². The highest BCUT2D eigenvalue weighted by atomic mass is 19.4. The number of fused-ring (bicyclic) bond motifs is 2. The quantitative estimate of drug-likeness (QED) is 0.112. The van der Waals surface area contributed by atoms with Crippen LogP contribution in [0.5, 0.6) is 0 Å². The summed E-state index contributed by atoms with van der Waals surface area (Å²) >= 11 is 0. The third kappa shape index (κ3) is 9.47. The van der Waals surface area contributed by atoms with Gasteiger partial charge in [-0.3, -0.25) is 14.6 Å². The molecular weight excluding hydrogens is 854 g/mol. The monoisotopic (exact) mass is 900 g/mol. The predicted octanol–water partition coefficient (Wildman–Crippen LogP) is 1.22. The van der Waals surface area contributed by atoms with Crippen molar-refractivity contribution in [2.75, 3.05) is 74.1 Å². The molecule has 3 saturated heterocycles. The van der Waals surface area contributed by atoms with Crippen LogP contribution in [0.4, 0.5) is 35.5 Å². The first-order valence-corrected chi connectivity index (χ1v) is 21.0. The second-order valence-electron chi connectivity index (χ2n) is 16.7. The molecule has 20 nitrogen and oxygen atoms in total. The van der Waals surface area contributed by atoms with Crippen molar-refractivity contribution in [3.8, 4) is 17.3 Å². The van der Waals surface area contributed by atoms with Crippen LogP contribution in [0.25, 0.3) is 11.3 Å². The van der Waals surface area contributed by atoms with Crippen molar-refractivity contribution < 1.29 is 42.5 Å². The lowest BCUT2D eigenvalue weighted by atomic mass is 9.97. The molecular formula is C42H47F3N14O6. The Bertz CT molecular complexity index is 2460. The maximum Gasteiger partial charge on any atom is 0.434 e. The molecule has 5 N–H and O–H groups in total. The molecule has 0 unspecified atom stereocenters. The number of aromatic nitrogens is 6. The number of carbonyl (C=O) groups is 3. The fourth-order valence-corrected chi connectivity index (χ4v) is 8.42. The molecule has 0 saturated carbocycles. The summed E-state index contributed by atoms with van der Waals surface area (Å²) in [6.07, 6.45) is -1.31. The number of amides is 3. The van der Waals surface area contributed by atoms with E-state index in [4.69, 9.17) is 9.72 Å². The van der Waals surface area contributed by atoms with Gasteiger partial charge in [0.2, 0.25) is 11.9 Å². The molecule has 4 aliphatic heterocycles. The van der Waals surface area contributed by atoms with E-state index in [2.05, 4.69) is 46.9 Å². The van der Waals surface area contributed by atoms with Crippen LogP contribution in [0, 0.1) is 11.3 Å². The Morgan fingerprint density at radius 3 is 2.60 bits per heavy atom. The minimum absolute atomic E-state index is 0.0140. The molecule has 65 heavy (non-hydrogen) atoms. The van der Waals surface area contributed by atoms with Gasteiger partial charge < -0.3 is 50.5 Å². The average molecular weight is 901 g/mol. The van der Waals surface area contributed by atoms with Crippen molar-refractivity contribution in [2.24, 2.45) is 0 Å². The third-order valence-corrected chi connectivity index (χ3v) is 12.0. The Balaban J connectivity index is 0.767. The van der Waals surface area contributed by atoms with E-state index in [0.717, 1.165) is 6.20 Å². The van der Waals surface area contributed by atoms with Gasteiger partial charge in [0.1, 0.15) is 35.6 Å². The second-order valence-corrected chi connectivity index (χ2v) is 16.7. The Morgan fingerprint density at radius 1 is 1.03 bits per heavy atom. The van der Waals surface area contributed by atoms with E-state index in [9.17, 15) is 43.0 Å². The summed E-state index contributed by atoms with van der Waals surface area (Å²) in [5, 5.41) is 39.1. The maximum absolute atomic E-state index is 13.4. The van der Waals surface area contributed by atoms with E-state index in [1.807, 2.05) is 34.6 Å². The van der Waals surface area contributed by atoms with E-state index >= 15 is 0 Å². The molecule has 0 bridgehead atoms. The lowest BCUT2D eigenvalue weighted by Crippen LogP contribution is -2.58. The highest BCUT2D eigenvalue weighted by molar-refractivity contribution is 6.12. The number of halogens is 3. The SMILES string of the molecule is CC1(C)C(=O)c2ccc(-c3cnc(N4CCN5C(=O)N(CCCNC(=O)CNC[C@H]6OC[C@H](Nc7cncc(C(F)(F)F)n7)[C@@H](O)[C@H]6O)C[C@@H]5C4)nc3)nc2N1Cc1cccnc1C#N. The molecule has 4 aromatic heterocycles. The summed E-state index contributed by atoms with van der Waals surface area (Å²) in [5.74, 6) is 0.396. The molecule has 4 aromatic rings. The van der Waals surface area contributed by atoms with Crippen molar-refractivity contribution in [3.05, 3.63) is 77.8 Å². The van der Waals surface area contributed by atoms with Crippen molar-refractivity contribution in [1.29, 1.82) is 5.26 Å². The summed E-state index contributed by atoms with van der Waals surface area (Å²) < 4.78 is 44.6. The maximum atomic E-state index is 13.4. The van der Waals surface area contributed by atoms with Crippen LogP contribution in [0.15, 0.2) is 55.2 Å². The molecule has 0 aromatic carbocycles. The summed E-state index contributed by atoms with van der Waals surface area (Å²) in [7, 11) is 0. The number of alkyl halides is 3. The van der Waals surface area contributed by atoms with Crippen LogP contribution >= 0.6 is 0 Å². The summed E-state index contributed by atoms with van der Waals surface area (Å²) in [5.41, 5.74) is 0.615. The number of hydrogen-bond acceptors (Lipinski definition) is 17. The van der Waals surface area contributed by atoms with Crippen LogP contribution in [-0.4, -0.2) is 163 Å². The van der Waals surface area contributed by atoms with E-state index in [-0.39, 0.29) is 61.5 Å². The number of Topliss-reactive ketones (excluding diaryl/α,β-unsaturated/α-hetero) is 1. The van der Waals surface area contributed by atoms with Crippen LogP contribution in [0.1, 0.15) is 47.6 Å². The Labute approximate surface area is 370 Å². The van der Waals surface area contributed by atoms with Gasteiger partial charge in [-0.25, -0.2) is 29.7 Å². The lowest BCUT2D eigenvalue weighted by Gasteiger charge is -2.38. The molecule has 342 valence electrons. The first-order valence-electron chi connectivity index (χ1n) is 21.0. The largest absolute Gasteiger partial charge is 0.434 e. The number of anilines is 3. The standard InChI is InChI=1S/C42H47F3N14O6/c1-41(2)37(63)27-6-7-28(54-38(27)59(41)20-24-5-3-8-49-29(24)13-46)25-14-51-39(52-15-25)56-11-12-58-26(21-56)22-57(40(58)64)10-4-9-50-34(60)19-47-16-31-36(62)35(61)30(23-65-31)53-33-18-48-17-32(55-33)42(43,44)45/h3,5-8,14-15,17-18,26,30-31,35-36,47,61-62H,4,9-12,16,19-23H2,1-2H3,(H,50,60)(H,53,55)/t26-,30-,31+,35+,36-/m0/s1. The number of pyridine rings is 2. The second kappa shape index (κ2) is 18.5. The van der Waals surface area contributed by atoms with Crippen LogP contribution < -0.4 is 25.8 Å². The van der Waals surface area contributed by atoms with Crippen molar-refractivity contribution in [2.45, 2.75) is 68.9 Å². The zero-order chi connectivity index (χ0) is 46.0. The fraction of sp³-hybridized carbons (Fsp3) is 0.476. The summed E-state index contributed by atoms with van der Waals surface area (Å²) in [6.45, 7) is 6.50. The Morgan fingerprint density at radius 2 is 1.83 bits per heavy atom. The summed E-state index contributed by atoms with van der Waals surface area (Å²) in [6, 6.07) is 8.12. The number of ether oxygens (including phenoxy) is 1. The third-order valence-electron chi connectivity index (χ3n) is 12.0. The zero-order valence-electron chi connectivity index (χ0n) is 35.4. The topological polar surface area (TPSA) is 251 Å². The van der Waals surface area contributed by atoms with Gasteiger partial charge >= 0.3 is 12.2 Å². The molecule has 3 fully saturated rings. The first kappa shape index (κ1) is 45.0. The van der Waals surface area contributed by atoms with Crippen molar-refractivity contribution in [1.82, 2.24) is 50.3 Å². The number of urea groups is 1. The number of nitriles is 1. The van der Waals surface area contributed by atoms with E-state index in [0.29, 0.717) is 86.0 Å². The minimum atomic E-state index is -4.70. The minimum Gasteiger partial charge on any atom is -0.388 e. The van der Waals surface area contributed by atoms with E-state index in [1.54, 1.807) is 41.7 Å². The smallest absolute Gasteiger partial charge is 0.388 e. The number of nitrogens with zero attached hydrogens (tertiary/aromatic N) is 11. The highest BCUT2D eigenvalue weighted by Gasteiger charge is 2.46. The van der Waals surface area contributed by atoms with Crippen LogP contribution in [-0.2, 0) is 22.3 Å². The number of rotatable bonds is 14.